The topological polar surface area (TPSA) is 62.5 Å². The van der Waals surface area contributed by atoms with E-state index in [4.69, 9.17) is 4.52 Å². The number of likely N-dealkylation sites (tertiary alicyclic amines) is 1. The van der Waals surface area contributed by atoms with Crippen LogP contribution in [-0.4, -0.2) is 47.1 Å². The molecule has 4 rings (SSSR count). The summed E-state index contributed by atoms with van der Waals surface area (Å²) in [5.41, 5.74) is 0.652. The molecule has 0 bridgehead atoms. The molecule has 3 heterocycles. The van der Waals surface area contributed by atoms with E-state index in [-0.39, 0.29) is 5.41 Å². The van der Waals surface area contributed by atoms with E-state index in [2.05, 4.69) is 22.0 Å². The number of amides is 1. The van der Waals surface area contributed by atoms with Crippen LogP contribution in [0.4, 0.5) is 5.95 Å². The molecule has 0 unspecified atom stereocenters. The predicted molar refractivity (Wildman–Crippen MR) is 95.1 cm³/mol. The number of piperidine rings is 1. The number of nitrogens with zero attached hydrogens (tertiary/aromatic N) is 4. The fraction of sp³-hybridized carbons (Fsp3) is 0.526. The average molecular weight is 340 g/mol. The second-order valence-corrected chi connectivity index (χ2v) is 7.11. The second-order valence-electron chi connectivity index (χ2n) is 7.11. The predicted octanol–water partition coefficient (Wildman–Crippen LogP) is 2.97. The first-order chi connectivity index (χ1) is 12.2. The lowest BCUT2D eigenvalue weighted by molar-refractivity contribution is -0.145. The molecule has 6 nitrogen and oxygen atoms in total. The maximum atomic E-state index is 13.0. The smallest absolute Gasteiger partial charge is 0.266 e. The second kappa shape index (κ2) is 6.50. The molecule has 1 spiro atoms. The molecule has 1 amide bonds. The summed E-state index contributed by atoms with van der Waals surface area (Å²) in [7, 11) is 0. The maximum Gasteiger partial charge on any atom is 0.266 e. The lowest BCUT2D eigenvalue weighted by Gasteiger charge is -2.39. The van der Waals surface area contributed by atoms with Crippen molar-refractivity contribution in [3.8, 4) is 11.5 Å². The van der Waals surface area contributed by atoms with Crippen LogP contribution in [0.2, 0.25) is 0 Å². The van der Waals surface area contributed by atoms with E-state index in [1.165, 1.54) is 0 Å². The molecule has 0 aliphatic carbocycles. The van der Waals surface area contributed by atoms with Crippen molar-refractivity contribution < 1.29 is 9.32 Å². The fourth-order valence-corrected chi connectivity index (χ4v) is 4.10. The van der Waals surface area contributed by atoms with Crippen LogP contribution in [0.25, 0.3) is 11.5 Å². The zero-order valence-corrected chi connectivity index (χ0v) is 14.6. The average Bonchev–Trinajstić information content (AvgIpc) is 3.28. The van der Waals surface area contributed by atoms with Gasteiger partial charge in [0, 0.05) is 31.7 Å². The molecule has 2 saturated heterocycles. The number of hydrogen-bond acceptors (Lipinski definition) is 5. The Labute approximate surface area is 147 Å². The molecule has 2 aromatic rings. The minimum Gasteiger partial charge on any atom is -0.342 e. The summed E-state index contributed by atoms with van der Waals surface area (Å²) in [4.78, 5) is 21.7. The Morgan fingerprint density at radius 2 is 2.04 bits per heavy atom. The van der Waals surface area contributed by atoms with Gasteiger partial charge in [-0.2, -0.15) is 4.98 Å². The summed E-state index contributed by atoms with van der Waals surface area (Å²) in [5, 5.41) is 4.15. The van der Waals surface area contributed by atoms with Crippen LogP contribution in [0, 0.1) is 5.41 Å². The van der Waals surface area contributed by atoms with Crippen LogP contribution >= 0.6 is 0 Å². The highest BCUT2D eigenvalue weighted by atomic mass is 16.5. The van der Waals surface area contributed by atoms with Crippen molar-refractivity contribution >= 4 is 11.9 Å². The van der Waals surface area contributed by atoms with Crippen molar-refractivity contribution in [2.24, 2.45) is 5.41 Å². The fourth-order valence-electron chi connectivity index (χ4n) is 4.10. The first kappa shape index (κ1) is 16.1. The summed E-state index contributed by atoms with van der Waals surface area (Å²) in [5.74, 6) is 1.44. The van der Waals surface area contributed by atoms with Gasteiger partial charge in [-0.15, -0.1) is 0 Å². The Morgan fingerprint density at radius 1 is 1.20 bits per heavy atom. The third-order valence-corrected chi connectivity index (χ3v) is 5.39. The van der Waals surface area contributed by atoms with Gasteiger partial charge in [-0.1, -0.05) is 25.1 Å². The van der Waals surface area contributed by atoms with E-state index in [1.807, 2.05) is 35.2 Å². The van der Waals surface area contributed by atoms with Gasteiger partial charge in [0.25, 0.3) is 11.8 Å². The molecule has 25 heavy (non-hydrogen) atoms. The molecule has 132 valence electrons. The minimum absolute atomic E-state index is 0.263. The molecule has 0 radical (unpaired) electrons. The third kappa shape index (κ3) is 2.90. The molecule has 0 N–H and O–H groups in total. The van der Waals surface area contributed by atoms with Crippen molar-refractivity contribution in [2.75, 3.05) is 31.1 Å². The minimum atomic E-state index is -0.263. The highest BCUT2D eigenvalue weighted by molar-refractivity contribution is 5.85. The summed E-state index contributed by atoms with van der Waals surface area (Å²) < 4.78 is 5.43. The molecule has 6 heteroatoms. The Hall–Kier alpha value is -2.37. The largest absolute Gasteiger partial charge is 0.342 e. The van der Waals surface area contributed by atoms with Crippen molar-refractivity contribution in [3.05, 3.63) is 30.3 Å². The van der Waals surface area contributed by atoms with Gasteiger partial charge in [-0.05, 0) is 43.0 Å². The summed E-state index contributed by atoms with van der Waals surface area (Å²) in [6.07, 6.45) is 3.94. The van der Waals surface area contributed by atoms with Crippen molar-refractivity contribution in [1.82, 2.24) is 15.0 Å². The number of benzene rings is 1. The Morgan fingerprint density at radius 3 is 2.84 bits per heavy atom. The van der Waals surface area contributed by atoms with Gasteiger partial charge in [0.2, 0.25) is 5.91 Å². The highest BCUT2D eigenvalue weighted by Crippen LogP contribution is 2.41. The SMILES string of the molecule is CCCN1CCC[C@@]2(CCN(c3noc(-c4ccccc4)n3)C2)C1=O. The number of carbonyl (C=O) groups excluding carboxylic acids is 1. The molecular weight excluding hydrogens is 316 g/mol. The van der Waals surface area contributed by atoms with Crippen LogP contribution in [0.15, 0.2) is 34.9 Å². The zero-order valence-electron chi connectivity index (χ0n) is 14.6. The molecular formula is C19H24N4O2. The van der Waals surface area contributed by atoms with Gasteiger partial charge in [-0.3, -0.25) is 4.79 Å². The van der Waals surface area contributed by atoms with E-state index < -0.39 is 0 Å². The molecule has 1 atom stereocenters. The molecule has 0 saturated carbocycles. The van der Waals surface area contributed by atoms with Crippen LogP contribution in [0.5, 0.6) is 0 Å². The van der Waals surface area contributed by atoms with Gasteiger partial charge >= 0.3 is 0 Å². The number of anilines is 1. The monoisotopic (exact) mass is 340 g/mol. The van der Waals surface area contributed by atoms with Crippen LogP contribution in [-0.2, 0) is 4.79 Å². The normalized spacial score (nSPS) is 23.6. The maximum absolute atomic E-state index is 13.0. The van der Waals surface area contributed by atoms with Crippen LogP contribution in [0.1, 0.15) is 32.6 Å². The van der Waals surface area contributed by atoms with Crippen molar-refractivity contribution in [1.29, 1.82) is 0 Å². The van der Waals surface area contributed by atoms with E-state index >= 15 is 0 Å². The Bertz CT molecular complexity index is 743. The van der Waals surface area contributed by atoms with E-state index in [0.717, 1.165) is 50.9 Å². The van der Waals surface area contributed by atoms with Gasteiger partial charge in [0.15, 0.2) is 0 Å². The van der Waals surface area contributed by atoms with Gasteiger partial charge in [-0.25, -0.2) is 0 Å². The van der Waals surface area contributed by atoms with Crippen LogP contribution in [0.3, 0.4) is 0 Å². The number of rotatable bonds is 4. The Balaban J connectivity index is 1.51. The lowest BCUT2D eigenvalue weighted by Crippen LogP contribution is -2.50. The van der Waals surface area contributed by atoms with Gasteiger partial charge in [0.1, 0.15) is 0 Å². The zero-order chi connectivity index (χ0) is 17.3. The highest BCUT2D eigenvalue weighted by Gasteiger charge is 2.48. The summed E-state index contributed by atoms with van der Waals surface area (Å²) >= 11 is 0. The summed E-state index contributed by atoms with van der Waals surface area (Å²) in [6.45, 7) is 5.38. The Kier molecular flexibility index (Phi) is 4.19. The van der Waals surface area contributed by atoms with E-state index in [9.17, 15) is 4.79 Å². The first-order valence-electron chi connectivity index (χ1n) is 9.15. The van der Waals surface area contributed by atoms with Gasteiger partial charge in [0.05, 0.1) is 5.41 Å². The lowest BCUT2D eigenvalue weighted by atomic mass is 9.78. The van der Waals surface area contributed by atoms with E-state index in [1.54, 1.807) is 0 Å². The third-order valence-electron chi connectivity index (χ3n) is 5.39. The van der Waals surface area contributed by atoms with Crippen LogP contribution < -0.4 is 4.90 Å². The van der Waals surface area contributed by atoms with Crippen molar-refractivity contribution in [3.63, 3.8) is 0 Å². The first-order valence-corrected chi connectivity index (χ1v) is 9.15. The quantitative estimate of drug-likeness (QED) is 0.856. The van der Waals surface area contributed by atoms with E-state index in [0.29, 0.717) is 24.3 Å². The number of carbonyl (C=O) groups is 1. The standard InChI is InChI=1S/C19H24N4O2/c1-2-11-22-12-6-9-19(17(22)24)10-13-23(14-19)18-20-16(25-21-18)15-7-4-3-5-8-15/h3-5,7-8H,2,6,9-14H2,1H3/t19-/m0/s1. The molecule has 2 aliphatic heterocycles. The molecule has 1 aromatic carbocycles. The summed E-state index contributed by atoms with van der Waals surface area (Å²) in [6, 6.07) is 9.77. The van der Waals surface area contributed by atoms with Crippen molar-refractivity contribution in [2.45, 2.75) is 32.6 Å². The molecule has 2 aliphatic rings. The molecule has 1 aromatic heterocycles. The molecule has 2 fully saturated rings. The number of hydrogen-bond donors (Lipinski definition) is 0. The number of aromatic nitrogens is 2. The van der Waals surface area contributed by atoms with Gasteiger partial charge < -0.3 is 14.3 Å².